The van der Waals surface area contributed by atoms with Gasteiger partial charge in [-0.2, -0.15) is 5.26 Å². The summed E-state index contributed by atoms with van der Waals surface area (Å²) in [6.45, 7) is 4.05. The summed E-state index contributed by atoms with van der Waals surface area (Å²) in [4.78, 5) is 0. The molecule has 0 aliphatic rings. The number of ether oxygens (including phenoxy) is 1. The van der Waals surface area contributed by atoms with Gasteiger partial charge in [-0.1, -0.05) is 35.9 Å². The van der Waals surface area contributed by atoms with Gasteiger partial charge in [0.15, 0.2) is 0 Å². The number of benzene rings is 2. The molecule has 0 N–H and O–H groups in total. The maximum atomic E-state index is 9.36. The third-order valence-corrected chi connectivity index (χ3v) is 3.26. The Morgan fingerprint density at radius 2 is 1.80 bits per heavy atom. The van der Waals surface area contributed by atoms with Crippen LogP contribution in [-0.4, -0.2) is 7.11 Å². The highest BCUT2D eigenvalue weighted by Crippen LogP contribution is 2.23. The van der Waals surface area contributed by atoms with Crippen LogP contribution in [0, 0.1) is 25.2 Å². The minimum absolute atomic E-state index is 0.665. The fourth-order valence-electron chi connectivity index (χ4n) is 2.01. The van der Waals surface area contributed by atoms with Crippen molar-refractivity contribution < 1.29 is 4.74 Å². The number of aryl methyl sites for hydroxylation is 2. The van der Waals surface area contributed by atoms with Crippen molar-refractivity contribution in [3.8, 4) is 11.8 Å². The van der Waals surface area contributed by atoms with E-state index in [0.29, 0.717) is 5.57 Å². The molecule has 0 atom stereocenters. The van der Waals surface area contributed by atoms with Gasteiger partial charge in [0.25, 0.3) is 0 Å². The van der Waals surface area contributed by atoms with Gasteiger partial charge in [0.1, 0.15) is 5.75 Å². The van der Waals surface area contributed by atoms with Crippen molar-refractivity contribution in [3.05, 3.63) is 64.7 Å². The van der Waals surface area contributed by atoms with E-state index in [-0.39, 0.29) is 0 Å². The third kappa shape index (κ3) is 3.07. The lowest BCUT2D eigenvalue weighted by atomic mass is 10.0. The van der Waals surface area contributed by atoms with Crippen LogP contribution in [0.3, 0.4) is 0 Å². The van der Waals surface area contributed by atoms with Crippen LogP contribution in [0.2, 0.25) is 0 Å². The van der Waals surface area contributed by atoms with E-state index in [1.54, 1.807) is 7.11 Å². The highest BCUT2D eigenvalue weighted by atomic mass is 16.5. The summed E-state index contributed by atoms with van der Waals surface area (Å²) in [6.07, 6.45) is 1.92. The van der Waals surface area contributed by atoms with E-state index in [4.69, 9.17) is 4.74 Å². The molecule has 0 amide bonds. The van der Waals surface area contributed by atoms with Gasteiger partial charge in [-0.3, -0.25) is 0 Å². The van der Waals surface area contributed by atoms with Crippen LogP contribution in [0.25, 0.3) is 11.6 Å². The Kier molecular flexibility index (Phi) is 4.22. The Morgan fingerprint density at radius 1 is 1.10 bits per heavy atom. The lowest BCUT2D eigenvalue weighted by molar-refractivity contribution is 0.414. The number of hydrogen-bond donors (Lipinski definition) is 0. The summed E-state index contributed by atoms with van der Waals surface area (Å²) in [7, 11) is 1.65. The standard InChI is InChI=1S/C18H17NO/c1-13-4-6-15(7-5-13)17(12-19)11-16-8-9-18(20-3)10-14(16)2/h4-11H,1-3H3/b17-11-. The predicted octanol–water partition coefficient (Wildman–Crippen LogP) is 4.38. The molecule has 2 aromatic rings. The molecule has 100 valence electrons. The van der Waals surface area contributed by atoms with Crippen LogP contribution in [0.4, 0.5) is 0 Å². The second-order valence-corrected chi connectivity index (χ2v) is 4.76. The van der Waals surface area contributed by atoms with Crippen LogP contribution < -0.4 is 4.74 Å². The zero-order valence-electron chi connectivity index (χ0n) is 12.0. The van der Waals surface area contributed by atoms with E-state index < -0.39 is 0 Å². The average molecular weight is 263 g/mol. The molecule has 0 fully saturated rings. The van der Waals surface area contributed by atoms with Crippen LogP contribution in [0.5, 0.6) is 5.75 Å². The zero-order chi connectivity index (χ0) is 14.5. The van der Waals surface area contributed by atoms with Crippen molar-refractivity contribution in [1.29, 1.82) is 5.26 Å². The van der Waals surface area contributed by atoms with Crippen molar-refractivity contribution in [2.75, 3.05) is 7.11 Å². The number of hydrogen-bond acceptors (Lipinski definition) is 2. The lowest BCUT2D eigenvalue weighted by Crippen LogP contribution is -1.88. The minimum atomic E-state index is 0.665. The molecule has 0 aliphatic heterocycles. The maximum Gasteiger partial charge on any atom is 0.119 e. The molecule has 2 heteroatoms. The summed E-state index contributed by atoms with van der Waals surface area (Å²) < 4.78 is 5.19. The zero-order valence-corrected chi connectivity index (χ0v) is 12.0. The summed E-state index contributed by atoms with van der Waals surface area (Å²) in [5, 5.41) is 9.36. The molecule has 0 bridgehead atoms. The van der Waals surface area contributed by atoms with E-state index in [9.17, 15) is 5.26 Å². The van der Waals surface area contributed by atoms with Crippen LogP contribution >= 0.6 is 0 Å². The first-order valence-electron chi connectivity index (χ1n) is 6.47. The molecule has 0 heterocycles. The monoisotopic (exact) mass is 263 g/mol. The first kappa shape index (κ1) is 13.9. The molecular weight excluding hydrogens is 246 g/mol. The third-order valence-electron chi connectivity index (χ3n) is 3.26. The molecule has 0 saturated heterocycles. The Hall–Kier alpha value is -2.53. The molecule has 0 radical (unpaired) electrons. The molecule has 0 aromatic heterocycles. The largest absolute Gasteiger partial charge is 0.497 e. The summed E-state index contributed by atoms with van der Waals surface area (Å²) in [5.74, 6) is 0.827. The molecule has 0 unspecified atom stereocenters. The number of methoxy groups -OCH3 is 1. The van der Waals surface area contributed by atoms with E-state index >= 15 is 0 Å². The van der Waals surface area contributed by atoms with Crippen molar-refractivity contribution in [2.45, 2.75) is 13.8 Å². The van der Waals surface area contributed by atoms with Gasteiger partial charge in [0.2, 0.25) is 0 Å². The highest BCUT2D eigenvalue weighted by Gasteiger charge is 2.03. The van der Waals surface area contributed by atoms with Crippen LogP contribution in [-0.2, 0) is 0 Å². The number of nitrogens with zero attached hydrogens (tertiary/aromatic N) is 1. The fraction of sp³-hybridized carbons (Fsp3) is 0.167. The minimum Gasteiger partial charge on any atom is -0.497 e. The SMILES string of the molecule is COc1ccc(/C=C(/C#N)c2ccc(C)cc2)c(C)c1. The van der Waals surface area contributed by atoms with E-state index in [0.717, 1.165) is 22.4 Å². The Labute approximate surface area is 119 Å². The molecule has 0 aliphatic carbocycles. The number of rotatable bonds is 3. The summed E-state index contributed by atoms with van der Waals surface area (Å²) in [5.41, 5.74) is 4.91. The first-order valence-corrected chi connectivity index (χ1v) is 6.47. The molecule has 2 nitrogen and oxygen atoms in total. The normalized spacial score (nSPS) is 11.0. The van der Waals surface area contributed by atoms with E-state index in [1.165, 1.54) is 5.56 Å². The summed E-state index contributed by atoms with van der Waals surface area (Å²) >= 11 is 0. The van der Waals surface area contributed by atoms with Crippen molar-refractivity contribution in [1.82, 2.24) is 0 Å². The highest BCUT2D eigenvalue weighted by molar-refractivity contribution is 5.90. The fourth-order valence-corrected chi connectivity index (χ4v) is 2.01. The predicted molar refractivity (Wildman–Crippen MR) is 82.4 cm³/mol. The van der Waals surface area contributed by atoms with Crippen molar-refractivity contribution >= 4 is 11.6 Å². The smallest absolute Gasteiger partial charge is 0.119 e. The molecule has 2 aromatic carbocycles. The van der Waals surface area contributed by atoms with Gasteiger partial charge in [-0.05, 0) is 48.7 Å². The Balaban J connectivity index is 2.41. The van der Waals surface area contributed by atoms with Gasteiger partial charge in [0.05, 0.1) is 18.8 Å². The van der Waals surface area contributed by atoms with Gasteiger partial charge in [0, 0.05) is 0 Å². The van der Waals surface area contributed by atoms with E-state index in [1.807, 2.05) is 62.4 Å². The lowest BCUT2D eigenvalue weighted by Gasteiger charge is -2.06. The molecule has 0 spiro atoms. The van der Waals surface area contributed by atoms with Gasteiger partial charge >= 0.3 is 0 Å². The average Bonchev–Trinajstić information content (AvgIpc) is 2.47. The molecular formula is C18H17NO. The van der Waals surface area contributed by atoms with Gasteiger partial charge in [-0.25, -0.2) is 0 Å². The van der Waals surface area contributed by atoms with Crippen LogP contribution in [0.1, 0.15) is 22.3 Å². The second-order valence-electron chi connectivity index (χ2n) is 4.76. The summed E-state index contributed by atoms with van der Waals surface area (Å²) in [6, 6.07) is 16.1. The Morgan fingerprint density at radius 3 is 2.35 bits per heavy atom. The van der Waals surface area contributed by atoms with Gasteiger partial charge in [-0.15, -0.1) is 0 Å². The van der Waals surface area contributed by atoms with Crippen molar-refractivity contribution in [2.24, 2.45) is 0 Å². The van der Waals surface area contributed by atoms with Gasteiger partial charge < -0.3 is 4.74 Å². The number of nitriles is 1. The number of allylic oxidation sites excluding steroid dienone is 1. The second kappa shape index (κ2) is 6.08. The molecule has 0 saturated carbocycles. The molecule has 20 heavy (non-hydrogen) atoms. The topological polar surface area (TPSA) is 33.0 Å². The molecule has 2 rings (SSSR count). The maximum absolute atomic E-state index is 9.36. The quantitative estimate of drug-likeness (QED) is 0.608. The first-order chi connectivity index (χ1) is 9.63. The van der Waals surface area contributed by atoms with E-state index in [2.05, 4.69) is 6.07 Å². The van der Waals surface area contributed by atoms with Crippen LogP contribution in [0.15, 0.2) is 42.5 Å². The Bertz CT molecular complexity index is 676. The van der Waals surface area contributed by atoms with Crippen molar-refractivity contribution in [3.63, 3.8) is 0 Å².